The number of hydrogen-bond acceptors (Lipinski definition) is 3. The first kappa shape index (κ1) is 16.5. The number of nitrogens with two attached hydrogens (primary N) is 1. The quantitative estimate of drug-likeness (QED) is 0.870. The van der Waals surface area contributed by atoms with Crippen LogP contribution in [0.1, 0.15) is 32.3 Å². The van der Waals surface area contributed by atoms with Gasteiger partial charge in [0.05, 0.1) is 6.04 Å². The fraction of sp³-hybridized carbons (Fsp3) is 0.529. The Bertz CT molecular complexity index is 519. The summed E-state index contributed by atoms with van der Waals surface area (Å²) in [6, 6.07) is 7.71. The van der Waals surface area contributed by atoms with E-state index in [1.165, 1.54) is 5.56 Å². The highest BCUT2D eigenvalue weighted by Crippen LogP contribution is 2.19. The summed E-state index contributed by atoms with van der Waals surface area (Å²) in [5.41, 5.74) is 7.41. The molecule has 1 aliphatic rings. The van der Waals surface area contributed by atoms with Gasteiger partial charge in [0.25, 0.3) is 0 Å². The molecule has 0 radical (unpaired) electrons. The Kier molecular flexibility index (Phi) is 5.55. The number of hydrogen-bond donors (Lipinski definition) is 2. The summed E-state index contributed by atoms with van der Waals surface area (Å²) < 4.78 is 0. The number of primary amides is 1. The zero-order chi connectivity index (χ0) is 16.1. The van der Waals surface area contributed by atoms with Crippen molar-refractivity contribution >= 4 is 17.5 Å². The van der Waals surface area contributed by atoms with Crippen molar-refractivity contribution in [2.45, 2.75) is 39.2 Å². The van der Waals surface area contributed by atoms with Gasteiger partial charge in [-0.25, -0.2) is 0 Å². The van der Waals surface area contributed by atoms with Gasteiger partial charge in [-0.3, -0.25) is 14.5 Å². The second-order valence-corrected chi connectivity index (χ2v) is 5.93. The summed E-state index contributed by atoms with van der Waals surface area (Å²) in [6.45, 7) is 5.47. The third-order valence-electron chi connectivity index (χ3n) is 4.49. The topological polar surface area (TPSA) is 75.4 Å². The van der Waals surface area contributed by atoms with Crippen LogP contribution in [0.3, 0.4) is 0 Å². The molecule has 1 aromatic rings. The average Bonchev–Trinajstić information content (AvgIpc) is 2.55. The van der Waals surface area contributed by atoms with Gasteiger partial charge in [-0.05, 0) is 57.0 Å². The Morgan fingerprint density at radius 3 is 2.36 bits per heavy atom. The molecule has 2 rings (SSSR count). The number of aryl methyl sites for hydroxylation is 1. The molecule has 1 aromatic carbocycles. The smallest absolute Gasteiger partial charge is 0.241 e. The number of benzene rings is 1. The lowest BCUT2D eigenvalue weighted by atomic mass is 9.95. The van der Waals surface area contributed by atoms with Crippen LogP contribution in [0.2, 0.25) is 0 Å². The maximum atomic E-state index is 12.3. The Labute approximate surface area is 131 Å². The van der Waals surface area contributed by atoms with E-state index in [0.717, 1.165) is 38.0 Å². The van der Waals surface area contributed by atoms with E-state index in [9.17, 15) is 9.59 Å². The SMILES string of the molecule is CCc1ccc(NC(=O)C(C)N2CCC(C(N)=O)CC2)cc1. The van der Waals surface area contributed by atoms with E-state index in [0.29, 0.717) is 0 Å². The molecular formula is C17H25N3O2. The number of amides is 2. The van der Waals surface area contributed by atoms with Gasteiger partial charge in [0.2, 0.25) is 11.8 Å². The molecule has 3 N–H and O–H groups in total. The van der Waals surface area contributed by atoms with Crippen LogP contribution in [-0.2, 0) is 16.0 Å². The van der Waals surface area contributed by atoms with Crippen molar-refractivity contribution in [1.29, 1.82) is 0 Å². The largest absolute Gasteiger partial charge is 0.369 e. The van der Waals surface area contributed by atoms with Crippen molar-refractivity contribution < 1.29 is 9.59 Å². The first-order valence-electron chi connectivity index (χ1n) is 7.94. The average molecular weight is 303 g/mol. The minimum atomic E-state index is -0.229. The molecule has 0 bridgehead atoms. The zero-order valence-corrected chi connectivity index (χ0v) is 13.3. The van der Waals surface area contributed by atoms with Crippen LogP contribution in [0.4, 0.5) is 5.69 Å². The third kappa shape index (κ3) is 4.07. The molecule has 120 valence electrons. The summed E-state index contributed by atoms with van der Waals surface area (Å²) in [4.78, 5) is 25.6. The maximum absolute atomic E-state index is 12.3. The van der Waals surface area contributed by atoms with E-state index in [-0.39, 0.29) is 23.8 Å². The molecular weight excluding hydrogens is 278 g/mol. The van der Waals surface area contributed by atoms with Crippen LogP contribution in [0.15, 0.2) is 24.3 Å². The van der Waals surface area contributed by atoms with Crippen LogP contribution >= 0.6 is 0 Å². The van der Waals surface area contributed by atoms with Gasteiger partial charge < -0.3 is 11.1 Å². The number of likely N-dealkylation sites (tertiary alicyclic amines) is 1. The normalized spacial score (nSPS) is 17.9. The summed E-state index contributed by atoms with van der Waals surface area (Å²) in [5.74, 6) is -0.289. The molecule has 1 atom stereocenters. The summed E-state index contributed by atoms with van der Waals surface area (Å²) >= 11 is 0. The number of anilines is 1. The second kappa shape index (κ2) is 7.40. The van der Waals surface area contributed by atoms with Gasteiger partial charge in [-0.2, -0.15) is 0 Å². The van der Waals surface area contributed by atoms with Crippen LogP contribution in [-0.4, -0.2) is 35.8 Å². The van der Waals surface area contributed by atoms with Gasteiger partial charge in [0.15, 0.2) is 0 Å². The lowest BCUT2D eigenvalue weighted by Crippen LogP contribution is -2.47. The van der Waals surface area contributed by atoms with E-state index >= 15 is 0 Å². The van der Waals surface area contributed by atoms with E-state index in [1.54, 1.807) is 0 Å². The van der Waals surface area contributed by atoms with Gasteiger partial charge in [-0.1, -0.05) is 19.1 Å². The fourth-order valence-corrected chi connectivity index (χ4v) is 2.81. The highest BCUT2D eigenvalue weighted by Gasteiger charge is 2.28. The van der Waals surface area contributed by atoms with Crippen molar-refractivity contribution in [1.82, 2.24) is 4.90 Å². The number of carbonyl (C=O) groups excluding carboxylic acids is 2. The lowest BCUT2D eigenvalue weighted by molar-refractivity contribution is -0.124. The Morgan fingerprint density at radius 1 is 1.27 bits per heavy atom. The Balaban J connectivity index is 1.88. The first-order valence-corrected chi connectivity index (χ1v) is 7.94. The highest BCUT2D eigenvalue weighted by molar-refractivity contribution is 5.94. The van der Waals surface area contributed by atoms with Crippen molar-refractivity contribution in [2.75, 3.05) is 18.4 Å². The summed E-state index contributed by atoms with van der Waals surface area (Å²) in [6.07, 6.45) is 2.45. The predicted molar refractivity (Wildman–Crippen MR) is 87.4 cm³/mol. The van der Waals surface area contributed by atoms with Gasteiger partial charge in [0, 0.05) is 11.6 Å². The monoisotopic (exact) mass is 303 g/mol. The van der Waals surface area contributed by atoms with Gasteiger partial charge in [-0.15, -0.1) is 0 Å². The molecule has 1 heterocycles. The molecule has 0 aliphatic carbocycles. The number of piperidine rings is 1. The van der Waals surface area contributed by atoms with E-state index in [4.69, 9.17) is 5.73 Å². The molecule has 1 unspecified atom stereocenters. The molecule has 2 amide bonds. The van der Waals surface area contributed by atoms with Crippen LogP contribution in [0.5, 0.6) is 0 Å². The first-order chi connectivity index (χ1) is 10.5. The van der Waals surface area contributed by atoms with Crippen LogP contribution in [0, 0.1) is 5.92 Å². The lowest BCUT2D eigenvalue weighted by Gasteiger charge is -2.34. The predicted octanol–water partition coefficient (Wildman–Crippen LogP) is 1.77. The third-order valence-corrected chi connectivity index (χ3v) is 4.49. The molecule has 1 fully saturated rings. The van der Waals surface area contributed by atoms with E-state index in [2.05, 4.69) is 17.1 Å². The maximum Gasteiger partial charge on any atom is 0.241 e. The summed E-state index contributed by atoms with van der Waals surface area (Å²) in [5, 5.41) is 2.95. The second-order valence-electron chi connectivity index (χ2n) is 5.93. The fourth-order valence-electron chi connectivity index (χ4n) is 2.81. The number of nitrogens with zero attached hydrogens (tertiary/aromatic N) is 1. The van der Waals surface area contributed by atoms with Crippen LogP contribution in [0.25, 0.3) is 0 Å². The molecule has 0 aromatic heterocycles. The van der Waals surface area contributed by atoms with E-state index in [1.807, 2.05) is 31.2 Å². The van der Waals surface area contributed by atoms with Gasteiger partial charge in [0.1, 0.15) is 0 Å². The van der Waals surface area contributed by atoms with Crippen molar-refractivity contribution in [3.05, 3.63) is 29.8 Å². The minimum absolute atomic E-state index is 0.0122. The van der Waals surface area contributed by atoms with Crippen LogP contribution < -0.4 is 11.1 Å². The van der Waals surface area contributed by atoms with E-state index < -0.39 is 0 Å². The Hall–Kier alpha value is -1.88. The standard InChI is InChI=1S/C17H25N3O2/c1-3-13-4-6-15(7-5-13)19-17(22)12(2)20-10-8-14(9-11-20)16(18)21/h4-7,12,14H,3,8-11H2,1-2H3,(H2,18,21)(H,19,22). The molecule has 5 heteroatoms. The minimum Gasteiger partial charge on any atom is -0.369 e. The molecule has 5 nitrogen and oxygen atoms in total. The molecule has 22 heavy (non-hydrogen) atoms. The molecule has 0 saturated carbocycles. The number of rotatable bonds is 5. The number of nitrogens with one attached hydrogen (secondary N) is 1. The number of carbonyl (C=O) groups is 2. The summed E-state index contributed by atoms with van der Waals surface area (Å²) in [7, 11) is 0. The van der Waals surface area contributed by atoms with Gasteiger partial charge >= 0.3 is 0 Å². The molecule has 1 aliphatic heterocycles. The highest BCUT2D eigenvalue weighted by atomic mass is 16.2. The van der Waals surface area contributed by atoms with Crippen molar-refractivity contribution in [2.24, 2.45) is 11.7 Å². The van der Waals surface area contributed by atoms with Crippen molar-refractivity contribution in [3.63, 3.8) is 0 Å². The van der Waals surface area contributed by atoms with Crippen molar-refractivity contribution in [3.8, 4) is 0 Å². The zero-order valence-electron chi connectivity index (χ0n) is 13.3. The molecule has 0 spiro atoms. The Morgan fingerprint density at radius 2 is 1.86 bits per heavy atom. The molecule has 1 saturated heterocycles.